The van der Waals surface area contributed by atoms with E-state index in [9.17, 15) is 8.42 Å². The Labute approximate surface area is 167 Å². The molecule has 0 unspecified atom stereocenters. The highest BCUT2D eigenvalue weighted by Gasteiger charge is 2.20. The van der Waals surface area contributed by atoms with Crippen molar-refractivity contribution in [2.45, 2.75) is 12.3 Å². The van der Waals surface area contributed by atoms with Gasteiger partial charge in [0, 0.05) is 52.2 Å². The molecular weight excluding hydrogens is 374 g/mol. The summed E-state index contributed by atoms with van der Waals surface area (Å²) in [6.45, 7) is 4.20. The third-order valence-corrected chi connectivity index (χ3v) is 5.52. The first-order valence-electron chi connectivity index (χ1n) is 9.32. The van der Waals surface area contributed by atoms with Crippen molar-refractivity contribution in [2.24, 2.45) is 4.99 Å². The van der Waals surface area contributed by atoms with Gasteiger partial charge in [0.05, 0.1) is 5.75 Å². The molecule has 0 bridgehead atoms. The largest absolute Gasteiger partial charge is 0.353 e. The summed E-state index contributed by atoms with van der Waals surface area (Å²) in [7, 11) is -1.21. The molecule has 0 radical (unpaired) electrons. The molecule has 0 aliphatic carbocycles. The van der Waals surface area contributed by atoms with E-state index in [1.807, 2.05) is 48.7 Å². The van der Waals surface area contributed by atoms with Gasteiger partial charge in [0.25, 0.3) is 0 Å². The van der Waals surface area contributed by atoms with Crippen LogP contribution in [0.2, 0.25) is 0 Å². The molecule has 2 heterocycles. The second-order valence-corrected chi connectivity index (χ2v) is 9.09. The highest BCUT2D eigenvalue weighted by Crippen LogP contribution is 2.13. The zero-order chi connectivity index (χ0) is 20.0. The third kappa shape index (κ3) is 5.69. The molecule has 1 aromatic carbocycles. The number of nitrogens with zero attached hydrogens (tertiary/aromatic N) is 4. The summed E-state index contributed by atoms with van der Waals surface area (Å²) in [4.78, 5) is 13.4. The number of rotatable bonds is 5. The van der Waals surface area contributed by atoms with Gasteiger partial charge in [0.2, 0.25) is 0 Å². The second kappa shape index (κ2) is 9.05. The van der Waals surface area contributed by atoms with Gasteiger partial charge in [0.1, 0.15) is 5.82 Å². The number of nitrogens with one attached hydrogen (secondary N) is 1. The molecule has 3 rings (SSSR count). The molecule has 1 aliphatic heterocycles. The Kier molecular flexibility index (Phi) is 6.51. The van der Waals surface area contributed by atoms with E-state index in [-0.39, 0.29) is 5.75 Å². The lowest BCUT2D eigenvalue weighted by molar-refractivity contribution is 0.371. The van der Waals surface area contributed by atoms with Crippen LogP contribution in [-0.2, 0) is 22.1 Å². The van der Waals surface area contributed by atoms with E-state index in [4.69, 9.17) is 0 Å². The van der Waals surface area contributed by atoms with E-state index in [0.717, 1.165) is 49.1 Å². The van der Waals surface area contributed by atoms with Crippen LogP contribution in [0.15, 0.2) is 53.7 Å². The van der Waals surface area contributed by atoms with Crippen LogP contribution >= 0.6 is 0 Å². The second-order valence-electron chi connectivity index (χ2n) is 6.95. The Morgan fingerprint density at radius 2 is 1.75 bits per heavy atom. The first-order valence-corrected chi connectivity index (χ1v) is 11.4. The smallest absolute Gasteiger partial charge is 0.194 e. The SMILES string of the molecule is CN=C(NCc1ccc(CS(C)(=O)=O)cc1)N1CCN(c2ccccn2)CC1. The number of hydrogen-bond acceptors (Lipinski definition) is 5. The normalized spacial score (nSPS) is 15.6. The fraction of sp³-hybridized carbons (Fsp3) is 0.400. The molecule has 150 valence electrons. The van der Waals surface area contributed by atoms with Gasteiger partial charge < -0.3 is 15.1 Å². The summed E-state index contributed by atoms with van der Waals surface area (Å²) in [5, 5.41) is 3.40. The molecule has 1 aliphatic rings. The lowest BCUT2D eigenvalue weighted by Crippen LogP contribution is -2.52. The summed E-state index contributed by atoms with van der Waals surface area (Å²) < 4.78 is 22.8. The van der Waals surface area contributed by atoms with Crippen LogP contribution < -0.4 is 10.2 Å². The van der Waals surface area contributed by atoms with Gasteiger partial charge in [-0.3, -0.25) is 4.99 Å². The maximum Gasteiger partial charge on any atom is 0.194 e. The van der Waals surface area contributed by atoms with Crippen molar-refractivity contribution in [2.75, 3.05) is 44.4 Å². The lowest BCUT2D eigenvalue weighted by Gasteiger charge is -2.37. The standard InChI is InChI=1S/C20H27N5O2S/c1-21-20(23-15-17-6-8-18(9-7-17)16-28(2,26)27)25-13-11-24(12-14-25)19-5-3-4-10-22-19/h3-10H,11-16H2,1-2H3,(H,21,23). The number of guanidine groups is 1. The Morgan fingerprint density at radius 3 is 2.32 bits per heavy atom. The van der Waals surface area contributed by atoms with Crippen molar-refractivity contribution >= 4 is 21.6 Å². The van der Waals surface area contributed by atoms with Crippen LogP contribution in [-0.4, -0.2) is 63.7 Å². The summed E-state index contributed by atoms with van der Waals surface area (Å²) in [6.07, 6.45) is 3.07. The first-order chi connectivity index (χ1) is 13.4. The number of pyridine rings is 1. The first kappa shape index (κ1) is 20.1. The molecule has 0 atom stereocenters. The number of aliphatic imine (C=N–C) groups is 1. The van der Waals surface area contributed by atoms with Gasteiger partial charge in [-0.1, -0.05) is 30.3 Å². The number of aromatic nitrogens is 1. The summed E-state index contributed by atoms with van der Waals surface area (Å²) in [5.74, 6) is 1.96. The molecule has 1 aromatic heterocycles. The van der Waals surface area contributed by atoms with Crippen molar-refractivity contribution in [1.82, 2.24) is 15.2 Å². The molecular formula is C20H27N5O2S. The topological polar surface area (TPSA) is 77.9 Å². The third-order valence-electron chi connectivity index (χ3n) is 4.67. The maximum absolute atomic E-state index is 11.4. The number of sulfone groups is 1. The maximum atomic E-state index is 11.4. The average molecular weight is 402 g/mol. The van der Waals surface area contributed by atoms with E-state index >= 15 is 0 Å². The molecule has 0 saturated carbocycles. The van der Waals surface area contributed by atoms with Gasteiger partial charge in [-0.05, 0) is 23.3 Å². The fourth-order valence-electron chi connectivity index (χ4n) is 3.26. The van der Waals surface area contributed by atoms with Gasteiger partial charge in [-0.25, -0.2) is 13.4 Å². The highest BCUT2D eigenvalue weighted by molar-refractivity contribution is 7.89. The van der Waals surface area contributed by atoms with E-state index in [2.05, 4.69) is 25.1 Å². The number of anilines is 1. The minimum absolute atomic E-state index is 0.0723. The summed E-state index contributed by atoms with van der Waals surface area (Å²) >= 11 is 0. The molecule has 1 saturated heterocycles. The molecule has 2 aromatic rings. The minimum Gasteiger partial charge on any atom is -0.353 e. The van der Waals surface area contributed by atoms with Gasteiger partial charge >= 0.3 is 0 Å². The molecule has 8 heteroatoms. The zero-order valence-corrected chi connectivity index (χ0v) is 17.2. The average Bonchev–Trinajstić information content (AvgIpc) is 2.70. The molecule has 0 spiro atoms. The Balaban J connectivity index is 1.51. The van der Waals surface area contributed by atoms with Crippen LogP contribution in [0.3, 0.4) is 0 Å². The van der Waals surface area contributed by atoms with Crippen LogP contribution in [0.25, 0.3) is 0 Å². The Morgan fingerprint density at radius 1 is 1.07 bits per heavy atom. The molecule has 28 heavy (non-hydrogen) atoms. The summed E-state index contributed by atoms with van der Waals surface area (Å²) in [5.41, 5.74) is 1.90. The molecule has 1 N–H and O–H groups in total. The van der Waals surface area contributed by atoms with E-state index in [1.54, 1.807) is 7.05 Å². The number of hydrogen-bond donors (Lipinski definition) is 1. The Hall–Kier alpha value is -2.61. The van der Waals surface area contributed by atoms with Crippen molar-refractivity contribution in [3.8, 4) is 0 Å². The monoisotopic (exact) mass is 401 g/mol. The van der Waals surface area contributed by atoms with Crippen LogP contribution in [0.4, 0.5) is 5.82 Å². The van der Waals surface area contributed by atoms with Gasteiger partial charge in [-0.2, -0.15) is 0 Å². The van der Waals surface area contributed by atoms with Crippen LogP contribution in [0, 0.1) is 0 Å². The Bertz CT molecular complexity index is 890. The van der Waals surface area contributed by atoms with Crippen molar-refractivity contribution in [3.05, 3.63) is 59.8 Å². The molecule has 1 fully saturated rings. The fourth-order valence-corrected chi connectivity index (χ4v) is 4.06. The number of piperazine rings is 1. The van der Waals surface area contributed by atoms with Gasteiger partial charge in [-0.15, -0.1) is 0 Å². The molecule has 7 nitrogen and oxygen atoms in total. The zero-order valence-electron chi connectivity index (χ0n) is 16.4. The van der Waals surface area contributed by atoms with Crippen molar-refractivity contribution in [1.29, 1.82) is 0 Å². The predicted octanol–water partition coefficient (Wildman–Crippen LogP) is 1.52. The summed E-state index contributed by atoms with van der Waals surface area (Å²) in [6, 6.07) is 13.6. The molecule has 0 amide bonds. The van der Waals surface area contributed by atoms with E-state index in [0.29, 0.717) is 6.54 Å². The van der Waals surface area contributed by atoms with E-state index in [1.165, 1.54) is 6.26 Å². The predicted molar refractivity (Wildman–Crippen MR) is 113 cm³/mol. The van der Waals surface area contributed by atoms with Crippen LogP contribution in [0.1, 0.15) is 11.1 Å². The van der Waals surface area contributed by atoms with Crippen LogP contribution in [0.5, 0.6) is 0 Å². The van der Waals surface area contributed by atoms with Crippen molar-refractivity contribution < 1.29 is 8.42 Å². The number of benzene rings is 1. The van der Waals surface area contributed by atoms with Gasteiger partial charge in [0.15, 0.2) is 15.8 Å². The minimum atomic E-state index is -3.01. The lowest BCUT2D eigenvalue weighted by atomic mass is 10.1. The quantitative estimate of drug-likeness (QED) is 0.605. The highest BCUT2D eigenvalue weighted by atomic mass is 32.2. The van der Waals surface area contributed by atoms with E-state index < -0.39 is 9.84 Å². The van der Waals surface area contributed by atoms with Crippen molar-refractivity contribution in [3.63, 3.8) is 0 Å².